The van der Waals surface area contributed by atoms with Crippen LogP contribution >= 0.6 is 0 Å². The largest absolute Gasteiger partial charge is 0.464 e. The van der Waals surface area contributed by atoms with Gasteiger partial charge in [0.15, 0.2) is 0 Å². The molecule has 17 heavy (non-hydrogen) atoms. The summed E-state index contributed by atoms with van der Waals surface area (Å²) in [4.78, 5) is 10.8. The first-order chi connectivity index (χ1) is 8.03. The van der Waals surface area contributed by atoms with E-state index in [2.05, 4.69) is 0 Å². The zero-order chi connectivity index (χ0) is 13.3. The molecule has 0 saturated carbocycles. The third-order valence-corrected chi connectivity index (χ3v) is 3.77. The van der Waals surface area contributed by atoms with E-state index in [9.17, 15) is 4.79 Å². The lowest BCUT2D eigenvalue weighted by molar-refractivity contribution is -0.308. The maximum Gasteiger partial charge on any atom is 0.302 e. The van der Waals surface area contributed by atoms with Gasteiger partial charge in [-0.15, -0.1) is 0 Å². The van der Waals surface area contributed by atoms with Crippen LogP contribution in [0.25, 0.3) is 0 Å². The molecule has 0 N–H and O–H groups in total. The number of carbonyl (C=O) groups is 1. The molecule has 0 heterocycles. The first-order valence-electron chi connectivity index (χ1n) is 5.53. The lowest BCUT2D eigenvalue weighted by atomic mass is 10.5. The van der Waals surface area contributed by atoms with E-state index in [0.29, 0.717) is 0 Å². The average molecular weight is 266 g/mol. The van der Waals surface area contributed by atoms with E-state index in [1.165, 1.54) is 21.1 Å². The first-order valence-corrected chi connectivity index (χ1v) is 6.92. The molecule has 0 aliphatic carbocycles. The molecule has 0 aliphatic rings. The van der Waals surface area contributed by atoms with Crippen LogP contribution in [0, 0.1) is 0 Å². The number of carbonyl (C=O) groups excluding carboxylic acids is 1. The zero-order valence-electron chi connectivity index (χ0n) is 11.1. The van der Waals surface area contributed by atoms with Crippen LogP contribution in [0.5, 0.6) is 0 Å². The molecule has 0 aromatic heterocycles. The minimum atomic E-state index is -1.00. The van der Waals surface area contributed by atoms with Crippen molar-refractivity contribution in [1.29, 1.82) is 0 Å². The molecule has 7 heteroatoms. The fourth-order valence-electron chi connectivity index (χ4n) is 1.12. The summed E-state index contributed by atoms with van der Waals surface area (Å²) in [5.74, 6) is -0.284. The lowest BCUT2D eigenvalue weighted by Gasteiger charge is -2.22. The topological polar surface area (TPSA) is 63.2 Å². The molecule has 6 nitrogen and oxygen atoms in total. The van der Waals surface area contributed by atoms with Gasteiger partial charge < -0.3 is 23.4 Å². The van der Waals surface area contributed by atoms with E-state index < -0.39 is 22.5 Å². The SMILES string of the molecule is CCC(OC(C)=O)[SiH2]OC(C)OC(OC)OC. The van der Waals surface area contributed by atoms with Crippen molar-refractivity contribution in [3.8, 4) is 0 Å². The second-order valence-electron chi connectivity index (χ2n) is 3.44. The smallest absolute Gasteiger partial charge is 0.302 e. The van der Waals surface area contributed by atoms with Gasteiger partial charge in [-0.25, -0.2) is 0 Å². The van der Waals surface area contributed by atoms with Gasteiger partial charge in [-0.05, 0) is 13.3 Å². The van der Waals surface area contributed by atoms with Crippen molar-refractivity contribution in [2.45, 2.75) is 45.7 Å². The van der Waals surface area contributed by atoms with Gasteiger partial charge in [0.2, 0.25) is 9.76 Å². The van der Waals surface area contributed by atoms with Gasteiger partial charge in [0.05, 0.1) is 0 Å². The van der Waals surface area contributed by atoms with Crippen LogP contribution in [-0.4, -0.2) is 48.4 Å². The number of esters is 1. The monoisotopic (exact) mass is 266 g/mol. The highest BCUT2D eigenvalue weighted by Crippen LogP contribution is 2.04. The van der Waals surface area contributed by atoms with Crippen LogP contribution < -0.4 is 0 Å². The predicted octanol–water partition coefficient (Wildman–Crippen LogP) is 0.325. The zero-order valence-corrected chi connectivity index (χ0v) is 12.5. The number of methoxy groups -OCH3 is 2. The number of hydrogen-bond donors (Lipinski definition) is 0. The molecule has 0 radical (unpaired) electrons. The van der Waals surface area contributed by atoms with Crippen LogP contribution in [0.3, 0.4) is 0 Å². The second kappa shape index (κ2) is 9.55. The maximum atomic E-state index is 10.8. The molecule has 0 aromatic rings. The van der Waals surface area contributed by atoms with E-state index in [-0.39, 0.29) is 11.7 Å². The molecule has 0 spiro atoms. The standard InChI is InChI=1S/C10H22O6Si/c1-6-9(14-7(2)11)17-16-8(3)15-10(12-4)13-5/h8-10H,6,17H2,1-5H3. The lowest BCUT2D eigenvalue weighted by Crippen LogP contribution is -2.31. The molecule has 0 aromatic carbocycles. The number of hydrogen-bond acceptors (Lipinski definition) is 6. The summed E-state index contributed by atoms with van der Waals surface area (Å²) in [5, 5.41) is 0. The predicted molar refractivity (Wildman–Crippen MR) is 63.8 cm³/mol. The first kappa shape index (κ1) is 16.5. The van der Waals surface area contributed by atoms with Crippen molar-refractivity contribution >= 4 is 15.7 Å². The molecule has 2 unspecified atom stereocenters. The molecule has 0 rings (SSSR count). The molecule has 0 bridgehead atoms. The summed E-state index contributed by atoms with van der Waals surface area (Å²) >= 11 is 0. The summed E-state index contributed by atoms with van der Waals surface area (Å²) < 4.78 is 25.6. The van der Waals surface area contributed by atoms with Crippen molar-refractivity contribution in [1.82, 2.24) is 0 Å². The van der Waals surface area contributed by atoms with Gasteiger partial charge >= 0.3 is 5.97 Å². The Morgan fingerprint density at radius 1 is 1.29 bits per heavy atom. The molecule has 0 fully saturated rings. The fraction of sp³-hybridized carbons (Fsp3) is 0.900. The Balaban J connectivity index is 3.87. The summed E-state index contributed by atoms with van der Waals surface area (Å²) in [6, 6.07) is 0. The van der Waals surface area contributed by atoms with Gasteiger partial charge in [0, 0.05) is 21.1 Å². The van der Waals surface area contributed by atoms with E-state index in [4.69, 9.17) is 23.4 Å². The quantitative estimate of drug-likeness (QED) is 0.340. The van der Waals surface area contributed by atoms with Crippen molar-refractivity contribution < 1.29 is 28.2 Å². The van der Waals surface area contributed by atoms with Crippen LogP contribution in [-0.2, 0) is 28.2 Å². The number of rotatable bonds is 9. The van der Waals surface area contributed by atoms with Gasteiger partial charge in [0.1, 0.15) is 12.0 Å². The molecular weight excluding hydrogens is 244 g/mol. The highest BCUT2D eigenvalue weighted by Gasteiger charge is 2.16. The minimum absolute atomic E-state index is 0.123. The van der Waals surface area contributed by atoms with Crippen molar-refractivity contribution in [2.75, 3.05) is 14.2 Å². The summed E-state index contributed by atoms with van der Waals surface area (Å²) in [6.45, 7) is 4.34. The molecule has 0 saturated heterocycles. The normalized spacial score (nSPS) is 15.4. The minimum Gasteiger partial charge on any atom is -0.464 e. The van der Waals surface area contributed by atoms with Gasteiger partial charge in [0.25, 0.3) is 6.48 Å². The maximum absolute atomic E-state index is 10.8. The van der Waals surface area contributed by atoms with Gasteiger partial charge in [-0.1, -0.05) is 6.92 Å². The Morgan fingerprint density at radius 3 is 2.29 bits per heavy atom. The molecule has 0 amide bonds. The Labute approximate surface area is 104 Å². The third kappa shape index (κ3) is 8.28. The molecular formula is C10H22O6Si. The van der Waals surface area contributed by atoms with Crippen LogP contribution in [0.15, 0.2) is 0 Å². The Morgan fingerprint density at radius 2 is 1.88 bits per heavy atom. The summed E-state index contributed by atoms with van der Waals surface area (Å²) in [5.41, 5.74) is -0.123. The van der Waals surface area contributed by atoms with Crippen LogP contribution in [0.1, 0.15) is 27.2 Å². The van der Waals surface area contributed by atoms with E-state index >= 15 is 0 Å². The van der Waals surface area contributed by atoms with Gasteiger partial charge in [-0.2, -0.15) is 0 Å². The molecule has 0 aliphatic heterocycles. The van der Waals surface area contributed by atoms with Crippen molar-refractivity contribution in [3.05, 3.63) is 0 Å². The Kier molecular flexibility index (Phi) is 9.28. The van der Waals surface area contributed by atoms with E-state index in [0.717, 1.165) is 6.42 Å². The fourth-order valence-corrected chi connectivity index (χ4v) is 2.22. The summed E-state index contributed by atoms with van der Waals surface area (Å²) in [7, 11) is 1.95. The number of ether oxygens (including phenoxy) is 4. The van der Waals surface area contributed by atoms with Crippen LogP contribution in [0.2, 0.25) is 0 Å². The average Bonchev–Trinajstić information content (AvgIpc) is 2.30. The highest BCUT2D eigenvalue weighted by atomic mass is 28.2. The molecule has 102 valence electrons. The second-order valence-corrected chi connectivity index (χ2v) is 5.01. The van der Waals surface area contributed by atoms with Crippen molar-refractivity contribution in [3.63, 3.8) is 0 Å². The van der Waals surface area contributed by atoms with E-state index in [1.807, 2.05) is 6.92 Å². The Bertz CT molecular complexity index is 209. The highest BCUT2D eigenvalue weighted by molar-refractivity contribution is 6.29. The van der Waals surface area contributed by atoms with Crippen LogP contribution in [0.4, 0.5) is 0 Å². The van der Waals surface area contributed by atoms with E-state index in [1.54, 1.807) is 6.92 Å². The Hall–Kier alpha value is -0.473. The molecule has 2 atom stereocenters. The summed E-state index contributed by atoms with van der Waals surface area (Å²) in [6.07, 6.45) is 0.299. The van der Waals surface area contributed by atoms with Crippen molar-refractivity contribution in [2.24, 2.45) is 0 Å². The third-order valence-electron chi connectivity index (χ3n) is 1.99. The van der Waals surface area contributed by atoms with Gasteiger partial charge in [-0.3, -0.25) is 4.79 Å².